The lowest BCUT2D eigenvalue weighted by Gasteiger charge is -2.30. The van der Waals surface area contributed by atoms with Crippen molar-refractivity contribution in [3.63, 3.8) is 0 Å². The second-order valence-corrected chi connectivity index (χ2v) is 5.63. The molecule has 2 heteroatoms. The summed E-state index contributed by atoms with van der Waals surface area (Å²) < 4.78 is 5.49. The molecule has 0 bridgehead atoms. The Kier molecular flexibility index (Phi) is 4.46. The highest BCUT2D eigenvalue weighted by Crippen LogP contribution is 2.33. The van der Waals surface area contributed by atoms with E-state index >= 15 is 0 Å². The van der Waals surface area contributed by atoms with Gasteiger partial charge in [0, 0.05) is 17.5 Å². The van der Waals surface area contributed by atoms with Crippen molar-refractivity contribution in [3.05, 3.63) is 65.2 Å². The van der Waals surface area contributed by atoms with E-state index in [0.717, 1.165) is 12.2 Å². The number of benzene rings is 2. The van der Waals surface area contributed by atoms with Crippen LogP contribution in [0.3, 0.4) is 0 Å². The zero-order valence-electron chi connectivity index (χ0n) is 12.5. The van der Waals surface area contributed by atoms with Crippen molar-refractivity contribution < 1.29 is 4.74 Å². The summed E-state index contributed by atoms with van der Waals surface area (Å²) in [6.45, 7) is 4.89. The van der Waals surface area contributed by atoms with Crippen molar-refractivity contribution in [1.82, 2.24) is 0 Å². The Labute approximate surface area is 121 Å². The van der Waals surface area contributed by atoms with Gasteiger partial charge in [0.25, 0.3) is 0 Å². The third-order valence-electron chi connectivity index (χ3n) is 3.92. The van der Waals surface area contributed by atoms with Crippen LogP contribution in [0.4, 0.5) is 0 Å². The van der Waals surface area contributed by atoms with Gasteiger partial charge in [-0.3, -0.25) is 0 Å². The van der Waals surface area contributed by atoms with Gasteiger partial charge in [0.2, 0.25) is 0 Å². The van der Waals surface area contributed by atoms with Crippen LogP contribution in [0.5, 0.6) is 5.75 Å². The third-order valence-corrected chi connectivity index (χ3v) is 3.92. The second-order valence-electron chi connectivity index (χ2n) is 5.63. The molecule has 0 aliphatic heterocycles. The monoisotopic (exact) mass is 269 g/mol. The molecule has 0 aromatic heterocycles. The predicted octanol–water partition coefficient (Wildman–Crippen LogP) is 3.46. The molecule has 2 N–H and O–H groups in total. The van der Waals surface area contributed by atoms with Crippen LogP contribution in [0.15, 0.2) is 48.5 Å². The summed E-state index contributed by atoms with van der Waals surface area (Å²) in [7, 11) is 1.71. The number of rotatable bonds is 5. The van der Waals surface area contributed by atoms with Crippen molar-refractivity contribution in [1.29, 1.82) is 0 Å². The lowest BCUT2D eigenvalue weighted by Crippen LogP contribution is -2.34. The van der Waals surface area contributed by atoms with Gasteiger partial charge in [-0.2, -0.15) is 0 Å². The van der Waals surface area contributed by atoms with Gasteiger partial charge >= 0.3 is 0 Å². The summed E-state index contributed by atoms with van der Waals surface area (Å²) in [5.74, 6) is 0.910. The number of para-hydroxylation sites is 1. The summed E-state index contributed by atoms with van der Waals surface area (Å²) in [4.78, 5) is 0. The first-order chi connectivity index (χ1) is 9.59. The molecule has 1 atom stereocenters. The Morgan fingerprint density at radius 3 is 2.30 bits per heavy atom. The first-order valence-corrected chi connectivity index (χ1v) is 6.98. The van der Waals surface area contributed by atoms with Crippen LogP contribution >= 0.6 is 0 Å². The summed E-state index contributed by atoms with van der Waals surface area (Å²) in [6.07, 6.45) is 0.907. The number of hydrogen-bond acceptors (Lipinski definition) is 2. The average molecular weight is 269 g/mol. The van der Waals surface area contributed by atoms with Crippen LogP contribution in [0.1, 0.15) is 23.6 Å². The van der Waals surface area contributed by atoms with E-state index in [2.05, 4.69) is 44.2 Å². The SMILES string of the molecule is COc1ccccc1C(C)(CN)Cc1ccc(C)cc1. The Bertz CT molecular complexity index is 562. The molecule has 0 spiro atoms. The molecule has 2 aromatic rings. The standard InChI is InChI=1S/C18H23NO/c1-14-8-10-15(11-9-14)12-18(2,13-19)16-6-4-5-7-17(16)20-3/h4-11H,12-13,19H2,1-3H3. The third kappa shape index (κ3) is 3.02. The summed E-state index contributed by atoms with van der Waals surface area (Å²) in [5.41, 5.74) is 9.71. The molecule has 106 valence electrons. The van der Waals surface area contributed by atoms with Crippen molar-refractivity contribution in [3.8, 4) is 5.75 Å². The number of methoxy groups -OCH3 is 1. The largest absolute Gasteiger partial charge is 0.496 e. The first kappa shape index (κ1) is 14.6. The molecule has 0 amide bonds. The molecule has 0 fully saturated rings. The van der Waals surface area contributed by atoms with Crippen molar-refractivity contribution in [2.45, 2.75) is 25.7 Å². The molecule has 0 aliphatic rings. The van der Waals surface area contributed by atoms with E-state index in [1.807, 2.05) is 18.2 Å². The molecule has 20 heavy (non-hydrogen) atoms. The van der Waals surface area contributed by atoms with Crippen molar-refractivity contribution in [2.24, 2.45) is 5.73 Å². The zero-order valence-corrected chi connectivity index (χ0v) is 12.5. The van der Waals surface area contributed by atoms with Crippen molar-refractivity contribution >= 4 is 0 Å². The molecular weight excluding hydrogens is 246 g/mol. The highest BCUT2D eigenvalue weighted by atomic mass is 16.5. The number of aryl methyl sites for hydroxylation is 1. The molecule has 2 rings (SSSR count). The van der Waals surface area contributed by atoms with Gasteiger partial charge in [-0.15, -0.1) is 0 Å². The molecule has 0 heterocycles. The Morgan fingerprint density at radius 2 is 1.70 bits per heavy atom. The van der Waals surface area contributed by atoms with E-state index in [-0.39, 0.29) is 5.41 Å². The smallest absolute Gasteiger partial charge is 0.122 e. The minimum absolute atomic E-state index is 0.123. The summed E-state index contributed by atoms with van der Waals surface area (Å²) in [5, 5.41) is 0. The zero-order chi connectivity index (χ0) is 14.6. The minimum Gasteiger partial charge on any atom is -0.496 e. The van der Waals surface area contributed by atoms with E-state index in [9.17, 15) is 0 Å². The normalized spacial score (nSPS) is 13.8. The first-order valence-electron chi connectivity index (χ1n) is 6.98. The molecule has 0 saturated carbocycles. The van der Waals surface area contributed by atoms with E-state index in [4.69, 9.17) is 10.5 Å². The maximum absolute atomic E-state index is 6.08. The lowest BCUT2D eigenvalue weighted by molar-refractivity contribution is 0.385. The van der Waals surface area contributed by atoms with E-state index < -0.39 is 0 Å². The summed E-state index contributed by atoms with van der Waals surface area (Å²) in [6, 6.07) is 16.8. The highest BCUT2D eigenvalue weighted by Gasteiger charge is 2.28. The van der Waals surface area contributed by atoms with Crippen LogP contribution in [0.2, 0.25) is 0 Å². The molecular formula is C18H23NO. The van der Waals surface area contributed by atoms with Crippen LogP contribution in [-0.2, 0) is 11.8 Å². The topological polar surface area (TPSA) is 35.2 Å². The van der Waals surface area contributed by atoms with E-state index in [1.165, 1.54) is 16.7 Å². The number of nitrogens with two attached hydrogens (primary N) is 1. The van der Waals surface area contributed by atoms with Gasteiger partial charge in [-0.05, 0) is 25.0 Å². The fraction of sp³-hybridized carbons (Fsp3) is 0.333. The molecule has 2 aromatic carbocycles. The molecule has 0 saturated heterocycles. The fourth-order valence-electron chi connectivity index (χ4n) is 2.58. The minimum atomic E-state index is -0.123. The van der Waals surface area contributed by atoms with Crippen LogP contribution in [-0.4, -0.2) is 13.7 Å². The van der Waals surface area contributed by atoms with Gasteiger partial charge in [-0.1, -0.05) is 55.0 Å². The quantitative estimate of drug-likeness (QED) is 0.902. The maximum atomic E-state index is 6.08. The van der Waals surface area contributed by atoms with Gasteiger partial charge in [0.1, 0.15) is 5.75 Å². The van der Waals surface area contributed by atoms with E-state index in [0.29, 0.717) is 6.54 Å². The molecule has 2 nitrogen and oxygen atoms in total. The van der Waals surface area contributed by atoms with Gasteiger partial charge < -0.3 is 10.5 Å². The van der Waals surface area contributed by atoms with Gasteiger partial charge in [0.05, 0.1) is 7.11 Å². The fourth-order valence-corrected chi connectivity index (χ4v) is 2.58. The van der Waals surface area contributed by atoms with Crippen molar-refractivity contribution in [2.75, 3.05) is 13.7 Å². The molecule has 0 aliphatic carbocycles. The van der Waals surface area contributed by atoms with Gasteiger partial charge in [0.15, 0.2) is 0 Å². The highest BCUT2D eigenvalue weighted by molar-refractivity contribution is 5.41. The Morgan fingerprint density at radius 1 is 1.05 bits per heavy atom. The lowest BCUT2D eigenvalue weighted by atomic mass is 9.77. The van der Waals surface area contributed by atoms with Crippen LogP contribution < -0.4 is 10.5 Å². The maximum Gasteiger partial charge on any atom is 0.122 e. The second kappa shape index (κ2) is 6.10. The van der Waals surface area contributed by atoms with Crippen LogP contribution in [0, 0.1) is 6.92 Å². The predicted molar refractivity (Wildman–Crippen MR) is 84.3 cm³/mol. The average Bonchev–Trinajstić information content (AvgIpc) is 2.49. The summed E-state index contributed by atoms with van der Waals surface area (Å²) >= 11 is 0. The van der Waals surface area contributed by atoms with Gasteiger partial charge in [-0.25, -0.2) is 0 Å². The molecule has 0 radical (unpaired) electrons. The molecule has 1 unspecified atom stereocenters. The van der Waals surface area contributed by atoms with Crippen LogP contribution in [0.25, 0.3) is 0 Å². The number of hydrogen-bond donors (Lipinski definition) is 1. The Balaban J connectivity index is 2.35. The van der Waals surface area contributed by atoms with E-state index in [1.54, 1.807) is 7.11 Å². The Hall–Kier alpha value is -1.80. The number of ether oxygens (including phenoxy) is 1.